The van der Waals surface area contributed by atoms with Gasteiger partial charge in [0.05, 0.1) is 6.04 Å². The third-order valence-electron chi connectivity index (χ3n) is 3.00. The molecule has 6 heteroatoms. The molecule has 1 aliphatic rings. The number of hydrogen-bond acceptors (Lipinski definition) is 5. The molecule has 0 spiro atoms. The Morgan fingerprint density at radius 2 is 2.30 bits per heavy atom. The fraction of sp³-hybridized carbons (Fsp3) is 0.571. The van der Waals surface area contributed by atoms with Crippen LogP contribution in [0, 0.1) is 0 Å². The average molecular weight is 278 g/mol. The van der Waals surface area contributed by atoms with Crippen LogP contribution in [0.3, 0.4) is 0 Å². The molecular formula is C14H22N4O2. The fourth-order valence-electron chi connectivity index (χ4n) is 2.17. The molecule has 3 N–H and O–H groups in total. The van der Waals surface area contributed by atoms with Gasteiger partial charge in [0.2, 0.25) is 0 Å². The van der Waals surface area contributed by atoms with Gasteiger partial charge in [-0.2, -0.15) is 0 Å². The number of rotatable bonds is 2. The molecule has 1 fully saturated rings. The second kappa shape index (κ2) is 5.56. The minimum absolute atomic E-state index is 0.0769. The van der Waals surface area contributed by atoms with Crippen LogP contribution in [0.25, 0.3) is 0 Å². The summed E-state index contributed by atoms with van der Waals surface area (Å²) >= 11 is 0. The second-order valence-electron chi connectivity index (χ2n) is 6.03. The van der Waals surface area contributed by atoms with Gasteiger partial charge in [-0.3, -0.25) is 0 Å². The van der Waals surface area contributed by atoms with Crippen LogP contribution in [-0.2, 0) is 4.74 Å². The van der Waals surface area contributed by atoms with Crippen molar-refractivity contribution in [3.63, 3.8) is 0 Å². The van der Waals surface area contributed by atoms with Gasteiger partial charge in [-0.25, -0.2) is 9.78 Å². The first-order valence-electron chi connectivity index (χ1n) is 6.79. The molecule has 1 saturated heterocycles. The van der Waals surface area contributed by atoms with Gasteiger partial charge in [0.25, 0.3) is 0 Å². The highest BCUT2D eigenvalue weighted by Gasteiger charge is 2.26. The third kappa shape index (κ3) is 4.01. The van der Waals surface area contributed by atoms with E-state index in [2.05, 4.69) is 15.2 Å². The number of aromatic nitrogens is 1. The highest BCUT2D eigenvalue weighted by Crippen LogP contribution is 2.20. The summed E-state index contributed by atoms with van der Waals surface area (Å²) < 4.78 is 5.26. The Kier molecular flexibility index (Phi) is 4.01. The number of ether oxygens (including phenoxy) is 1. The first-order chi connectivity index (χ1) is 9.33. The van der Waals surface area contributed by atoms with E-state index in [0.29, 0.717) is 5.69 Å². The van der Waals surface area contributed by atoms with E-state index in [9.17, 15) is 4.79 Å². The number of nitrogen functional groups attached to an aromatic ring is 1. The number of nitrogens with two attached hydrogens (primary N) is 1. The maximum atomic E-state index is 11.7. The zero-order chi connectivity index (χ0) is 14.8. The van der Waals surface area contributed by atoms with Crippen LogP contribution in [0.1, 0.15) is 27.2 Å². The zero-order valence-electron chi connectivity index (χ0n) is 12.2. The van der Waals surface area contributed by atoms with Crippen molar-refractivity contribution in [1.29, 1.82) is 0 Å². The molecule has 1 amide bonds. The molecule has 1 aliphatic heterocycles. The monoisotopic (exact) mass is 278 g/mol. The van der Waals surface area contributed by atoms with Crippen LogP contribution in [0.4, 0.5) is 16.3 Å². The number of amides is 1. The number of nitrogens with zero attached hydrogens (tertiary/aromatic N) is 2. The molecule has 1 aromatic rings. The van der Waals surface area contributed by atoms with Gasteiger partial charge < -0.3 is 20.7 Å². The molecule has 1 atom stereocenters. The minimum atomic E-state index is -0.474. The molecule has 2 rings (SSSR count). The molecule has 0 aliphatic carbocycles. The Balaban J connectivity index is 1.88. The number of pyridine rings is 1. The van der Waals surface area contributed by atoms with Crippen molar-refractivity contribution in [2.45, 2.75) is 38.8 Å². The summed E-state index contributed by atoms with van der Waals surface area (Å²) in [5.74, 6) is 0.846. The van der Waals surface area contributed by atoms with E-state index < -0.39 is 5.60 Å². The molecule has 1 aromatic heterocycles. The van der Waals surface area contributed by atoms with Crippen LogP contribution in [0.2, 0.25) is 0 Å². The SMILES string of the molecule is CC(C)(C)OC(=O)NC1CCN(c2cc(N)ccn2)C1. The summed E-state index contributed by atoms with van der Waals surface area (Å²) in [4.78, 5) is 18.1. The molecule has 2 heterocycles. The topological polar surface area (TPSA) is 80.5 Å². The van der Waals surface area contributed by atoms with E-state index in [1.165, 1.54) is 0 Å². The summed E-state index contributed by atoms with van der Waals surface area (Å²) in [7, 11) is 0. The lowest BCUT2D eigenvalue weighted by atomic mass is 10.2. The molecule has 0 bridgehead atoms. The lowest BCUT2D eigenvalue weighted by Gasteiger charge is -2.22. The van der Waals surface area contributed by atoms with Crippen molar-refractivity contribution < 1.29 is 9.53 Å². The van der Waals surface area contributed by atoms with Crippen molar-refractivity contribution in [1.82, 2.24) is 10.3 Å². The molecule has 20 heavy (non-hydrogen) atoms. The Bertz CT molecular complexity index is 484. The molecule has 0 radical (unpaired) electrons. The first-order valence-corrected chi connectivity index (χ1v) is 6.79. The predicted molar refractivity (Wildman–Crippen MR) is 78.6 cm³/mol. The first kappa shape index (κ1) is 14.4. The van der Waals surface area contributed by atoms with E-state index in [4.69, 9.17) is 10.5 Å². The van der Waals surface area contributed by atoms with Gasteiger partial charge in [-0.1, -0.05) is 0 Å². The number of nitrogens with one attached hydrogen (secondary N) is 1. The lowest BCUT2D eigenvalue weighted by molar-refractivity contribution is 0.0509. The fourth-order valence-corrected chi connectivity index (χ4v) is 2.17. The number of alkyl carbamates (subject to hydrolysis) is 1. The van der Waals surface area contributed by atoms with Crippen molar-refractivity contribution in [2.24, 2.45) is 0 Å². The van der Waals surface area contributed by atoms with Crippen molar-refractivity contribution >= 4 is 17.6 Å². The van der Waals surface area contributed by atoms with E-state index in [1.54, 1.807) is 12.3 Å². The summed E-state index contributed by atoms with van der Waals surface area (Å²) in [5.41, 5.74) is 5.97. The van der Waals surface area contributed by atoms with Crippen molar-refractivity contribution in [3.8, 4) is 0 Å². The van der Waals surface area contributed by atoms with Gasteiger partial charge in [0, 0.05) is 31.0 Å². The number of anilines is 2. The van der Waals surface area contributed by atoms with Gasteiger partial charge in [0.15, 0.2) is 0 Å². The Labute approximate surface area is 119 Å². The van der Waals surface area contributed by atoms with E-state index in [-0.39, 0.29) is 12.1 Å². The lowest BCUT2D eigenvalue weighted by Crippen LogP contribution is -2.40. The minimum Gasteiger partial charge on any atom is -0.444 e. The smallest absolute Gasteiger partial charge is 0.407 e. The summed E-state index contributed by atoms with van der Waals surface area (Å²) in [6, 6.07) is 3.68. The summed E-state index contributed by atoms with van der Waals surface area (Å²) in [6.45, 7) is 7.12. The maximum absolute atomic E-state index is 11.7. The molecule has 6 nitrogen and oxygen atoms in total. The predicted octanol–water partition coefficient (Wildman–Crippen LogP) is 1.77. The van der Waals surface area contributed by atoms with Crippen molar-refractivity contribution in [3.05, 3.63) is 18.3 Å². The standard InChI is InChI=1S/C14H22N4O2/c1-14(2,3)20-13(19)17-11-5-7-18(9-11)12-8-10(15)4-6-16-12/h4,6,8,11H,5,7,9H2,1-3H3,(H2,15,16)(H,17,19). The second-order valence-corrected chi connectivity index (χ2v) is 6.03. The molecule has 0 aromatic carbocycles. The quantitative estimate of drug-likeness (QED) is 0.861. The Morgan fingerprint density at radius 3 is 2.95 bits per heavy atom. The van der Waals surface area contributed by atoms with Crippen LogP contribution in [-0.4, -0.2) is 35.8 Å². The normalized spacial score (nSPS) is 18.9. The van der Waals surface area contributed by atoms with Crippen LogP contribution in [0.15, 0.2) is 18.3 Å². The van der Waals surface area contributed by atoms with Gasteiger partial charge in [-0.15, -0.1) is 0 Å². The van der Waals surface area contributed by atoms with Gasteiger partial charge >= 0.3 is 6.09 Å². The van der Waals surface area contributed by atoms with E-state index >= 15 is 0 Å². The Hall–Kier alpha value is -1.98. The zero-order valence-corrected chi connectivity index (χ0v) is 12.2. The Morgan fingerprint density at radius 1 is 1.55 bits per heavy atom. The largest absolute Gasteiger partial charge is 0.444 e. The highest BCUT2D eigenvalue weighted by atomic mass is 16.6. The maximum Gasteiger partial charge on any atom is 0.407 e. The third-order valence-corrected chi connectivity index (χ3v) is 3.00. The van der Waals surface area contributed by atoms with Gasteiger partial charge in [-0.05, 0) is 33.3 Å². The van der Waals surface area contributed by atoms with Crippen LogP contribution in [0.5, 0.6) is 0 Å². The van der Waals surface area contributed by atoms with Crippen LogP contribution < -0.4 is 16.0 Å². The summed E-state index contributed by atoms with van der Waals surface area (Å²) in [5, 5.41) is 2.89. The van der Waals surface area contributed by atoms with Gasteiger partial charge in [0.1, 0.15) is 11.4 Å². The highest BCUT2D eigenvalue weighted by molar-refractivity contribution is 5.68. The van der Waals surface area contributed by atoms with Crippen molar-refractivity contribution in [2.75, 3.05) is 23.7 Å². The van der Waals surface area contributed by atoms with E-state index in [1.807, 2.05) is 26.8 Å². The van der Waals surface area contributed by atoms with E-state index in [0.717, 1.165) is 25.3 Å². The summed E-state index contributed by atoms with van der Waals surface area (Å²) in [6.07, 6.45) is 2.19. The molecule has 0 saturated carbocycles. The number of carbonyl (C=O) groups is 1. The van der Waals surface area contributed by atoms with Crippen LogP contribution >= 0.6 is 0 Å². The number of hydrogen-bond donors (Lipinski definition) is 2. The average Bonchev–Trinajstić information content (AvgIpc) is 2.74. The molecular weight excluding hydrogens is 256 g/mol. The molecule has 110 valence electrons. The number of carbonyl (C=O) groups excluding carboxylic acids is 1. The molecule has 1 unspecified atom stereocenters.